The van der Waals surface area contributed by atoms with Crippen molar-refractivity contribution in [2.45, 2.75) is 26.3 Å². The predicted octanol–water partition coefficient (Wildman–Crippen LogP) is 2.57. The SMILES string of the molecule is Cc1ccnc(N2c3ccccc3CC2C)c1/C(N)=N/O. The minimum absolute atomic E-state index is 0.0900. The Labute approximate surface area is 123 Å². The van der Waals surface area contributed by atoms with E-state index in [4.69, 9.17) is 10.9 Å². The number of para-hydroxylation sites is 1. The van der Waals surface area contributed by atoms with E-state index >= 15 is 0 Å². The monoisotopic (exact) mass is 282 g/mol. The van der Waals surface area contributed by atoms with Gasteiger partial charge in [-0.1, -0.05) is 23.4 Å². The second-order valence-electron chi connectivity index (χ2n) is 5.36. The maximum atomic E-state index is 9.06. The highest BCUT2D eigenvalue weighted by Gasteiger charge is 2.30. The van der Waals surface area contributed by atoms with Crippen LogP contribution in [0, 0.1) is 6.92 Å². The molecular formula is C16H18N4O. The van der Waals surface area contributed by atoms with Gasteiger partial charge < -0.3 is 15.8 Å². The van der Waals surface area contributed by atoms with Crippen molar-refractivity contribution in [2.75, 3.05) is 4.90 Å². The van der Waals surface area contributed by atoms with Crippen LogP contribution in [0.1, 0.15) is 23.6 Å². The number of hydrogen-bond donors (Lipinski definition) is 2. The van der Waals surface area contributed by atoms with Crippen LogP contribution in [-0.2, 0) is 6.42 Å². The molecule has 2 heterocycles. The lowest BCUT2D eigenvalue weighted by atomic mass is 10.1. The van der Waals surface area contributed by atoms with Crippen LogP contribution in [0.25, 0.3) is 0 Å². The number of anilines is 2. The van der Waals surface area contributed by atoms with E-state index in [1.807, 2.05) is 25.1 Å². The van der Waals surface area contributed by atoms with Crippen LogP contribution in [0.3, 0.4) is 0 Å². The van der Waals surface area contributed by atoms with E-state index in [1.165, 1.54) is 5.56 Å². The summed E-state index contributed by atoms with van der Waals surface area (Å²) in [6.45, 7) is 4.09. The Bertz CT molecular complexity index is 711. The van der Waals surface area contributed by atoms with Gasteiger partial charge in [0.15, 0.2) is 5.84 Å². The molecule has 1 aromatic heterocycles. The lowest BCUT2D eigenvalue weighted by Gasteiger charge is -2.26. The number of amidine groups is 1. The minimum atomic E-state index is 0.0900. The van der Waals surface area contributed by atoms with Gasteiger partial charge in [-0.2, -0.15) is 0 Å². The van der Waals surface area contributed by atoms with Gasteiger partial charge in [0.25, 0.3) is 0 Å². The largest absolute Gasteiger partial charge is 0.409 e. The van der Waals surface area contributed by atoms with Crippen LogP contribution < -0.4 is 10.6 Å². The van der Waals surface area contributed by atoms with E-state index in [0.29, 0.717) is 5.56 Å². The number of hydrogen-bond acceptors (Lipinski definition) is 4. The van der Waals surface area contributed by atoms with Gasteiger partial charge in [0, 0.05) is 17.9 Å². The molecule has 3 N–H and O–H groups in total. The highest BCUT2D eigenvalue weighted by Crippen LogP contribution is 2.38. The molecule has 108 valence electrons. The first-order valence-corrected chi connectivity index (χ1v) is 6.94. The fraction of sp³-hybridized carbons (Fsp3) is 0.250. The summed E-state index contributed by atoms with van der Waals surface area (Å²) in [7, 11) is 0. The van der Waals surface area contributed by atoms with Crippen molar-refractivity contribution in [2.24, 2.45) is 10.9 Å². The average Bonchev–Trinajstić information content (AvgIpc) is 2.82. The Morgan fingerprint density at radius 2 is 2.14 bits per heavy atom. The van der Waals surface area contributed by atoms with Crippen molar-refractivity contribution in [1.29, 1.82) is 0 Å². The van der Waals surface area contributed by atoms with E-state index in [9.17, 15) is 0 Å². The lowest BCUT2D eigenvalue weighted by Crippen LogP contribution is -2.29. The second-order valence-corrected chi connectivity index (χ2v) is 5.36. The molecule has 0 aliphatic carbocycles. The first kappa shape index (κ1) is 13.4. The van der Waals surface area contributed by atoms with Crippen molar-refractivity contribution in [1.82, 2.24) is 4.98 Å². The van der Waals surface area contributed by atoms with Gasteiger partial charge in [-0.3, -0.25) is 0 Å². The topological polar surface area (TPSA) is 74.7 Å². The molecular weight excluding hydrogens is 264 g/mol. The Morgan fingerprint density at radius 1 is 1.38 bits per heavy atom. The first-order chi connectivity index (χ1) is 10.1. The van der Waals surface area contributed by atoms with E-state index in [-0.39, 0.29) is 11.9 Å². The maximum absolute atomic E-state index is 9.06. The minimum Gasteiger partial charge on any atom is -0.409 e. The molecule has 2 aromatic rings. The molecule has 1 aliphatic heterocycles. The van der Waals surface area contributed by atoms with Crippen LogP contribution in [0.4, 0.5) is 11.5 Å². The van der Waals surface area contributed by atoms with Crippen LogP contribution in [-0.4, -0.2) is 22.1 Å². The third kappa shape index (κ3) is 2.11. The number of nitrogens with zero attached hydrogens (tertiary/aromatic N) is 3. The van der Waals surface area contributed by atoms with Crippen molar-refractivity contribution >= 4 is 17.3 Å². The van der Waals surface area contributed by atoms with Gasteiger partial charge in [-0.25, -0.2) is 4.98 Å². The molecule has 0 amide bonds. The zero-order chi connectivity index (χ0) is 15.0. The number of fused-ring (bicyclic) bond motifs is 1. The standard InChI is InChI=1S/C16H18N4O/c1-10-7-8-18-16(14(10)15(17)19-21)20-11(2)9-12-5-3-4-6-13(12)20/h3-8,11,21H,9H2,1-2H3,(H2,17,19). The number of oxime groups is 1. The highest BCUT2D eigenvalue weighted by molar-refractivity contribution is 6.03. The van der Waals surface area contributed by atoms with Gasteiger partial charge >= 0.3 is 0 Å². The smallest absolute Gasteiger partial charge is 0.174 e. The van der Waals surface area contributed by atoms with Crippen molar-refractivity contribution in [3.8, 4) is 0 Å². The van der Waals surface area contributed by atoms with Crippen molar-refractivity contribution < 1.29 is 5.21 Å². The Hall–Kier alpha value is -2.56. The van der Waals surface area contributed by atoms with Gasteiger partial charge in [0.2, 0.25) is 0 Å². The van der Waals surface area contributed by atoms with E-state index in [1.54, 1.807) is 6.20 Å². The van der Waals surface area contributed by atoms with Gasteiger partial charge in [-0.05, 0) is 43.5 Å². The fourth-order valence-electron chi connectivity index (χ4n) is 2.98. The van der Waals surface area contributed by atoms with E-state index in [2.05, 4.69) is 34.1 Å². The number of pyridine rings is 1. The molecule has 5 heteroatoms. The molecule has 0 saturated heterocycles. The van der Waals surface area contributed by atoms with Crippen molar-refractivity contribution in [3.63, 3.8) is 0 Å². The average molecular weight is 282 g/mol. The summed E-state index contributed by atoms with van der Waals surface area (Å²) in [5, 5.41) is 12.2. The second kappa shape index (κ2) is 5.09. The summed E-state index contributed by atoms with van der Waals surface area (Å²) >= 11 is 0. The molecule has 0 fully saturated rings. The quantitative estimate of drug-likeness (QED) is 0.384. The number of benzene rings is 1. The first-order valence-electron chi connectivity index (χ1n) is 6.94. The summed E-state index contributed by atoms with van der Waals surface area (Å²) < 4.78 is 0. The van der Waals surface area contributed by atoms with Crippen molar-refractivity contribution in [3.05, 3.63) is 53.2 Å². The summed E-state index contributed by atoms with van der Waals surface area (Å²) in [5.74, 6) is 0.829. The van der Waals surface area contributed by atoms with E-state index in [0.717, 1.165) is 23.5 Å². The third-order valence-corrected chi connectivity index (χ3v) is 3.94. The third-order valence-electron chi connectivity index (χ3n) is 3.94. The zero-order valence-corrected chi connectivity index (χ0v) is 12.1. The summed E-state index contributed by atoms with van der Waals surface area (Å²) in [6.07, 6.45) is 2.72. The molecule has 0 radical (unpaired) electrons. The molecule has 5 nitrogen and oxygen atoms in total. The number of aromatic nitrogens is 1. The summed E-state index contributed by atoms with van der Waals surface area (Å²) in [4.78, 5) is 6.66. The number of nitrogens with two attached hydrogens (primary N) is 1. The molecule has 0 saturated carbocycles. The molecule has 1 aromatic carbocycles. The van der Waals surface area contributed by atoms with Crippen LogP contribution >= 0.6 is 0 Å². The molecule has 1 aliphatic rings. The molecule has 1 unspecified atom stereocenters. The number of rotatable bonds is 2. The summed E-state index contributed by atoms with van der Waals surface area (Å²) in [6, 6.07) is 10.4. The van der Waals surface area contributed by atoms with Crippen LogP contribution in [0.5, 0.6) is 0 Å². The number of aryl methyl sites for hydroxylation is 1. The maximum Gasteiger partial charge on any atom is 0.174 e. The Morgan fingerprint density at radius 3 is 2.90 bits per heavy atom. The van der Waals surface area contributed by atoms with Crippen LogP contribution in [0.2, 0.25) is 0 Å². The molecule has 0 bridgehead atoms. The van der Waals surface area contributed by atoms with E-state index < -0.39 is 0 Å². The summed E-state index contributed by atoms with van der Waals surface area (Å²) in [5.41, 5.74) is 9.91. The molecule has 0 spiro atoms. The molecule has 1 atom stereocenters. The van der Waals surface area contributed by atoms with Gasteiger partial charge in [-0.15, -0.1) is 0 Å². The normalized spacial score (nSPS) is 17.9. The molecule has 3 rings (SSSR count). The Kier molecular flexibility index (Phi) is 3.25. The molecule has 21 heavy (non-hydrogen) atoms. The highest BCUT2D eigenvalue weighted by atomic mass is 16.4. The predicted molar refractivity (Wildman–Crippen MR) is 83.2 cm³/mol. The Balaban J connectivity index is 2.20. The van der Waals surface area contributed by atoms with Gasteiger partial charge in [0.1, 0.15) is 5.82 Å². The van der Waals surface area contributed by atoms with Gasteiger partial charge in [0.05, 0.1) is 5.56 Å². The fourth-order valence-corrected chi connectivity index (χ4v) is 2.98. The zero-order valence-electron chi connectivity index (χ0n) is 12.1. The lowest BCUT2D eigenvalue weighted by molar-refractivity contribution is 0.318. The van der Waals surface area contributed by atoms with Crippen LogP contribution in [0.15, 0.2) is 41.7 Å².